The third-order valence-electron chi connectivity index (χ3n) is 5.34. The summed E-state index contributed by atoms with van der Waals surface area (Å²) < 4.78 is 43.6. The van der Waals surface area contributed by atoms with Gasteiger partial charge in [0.05, 0.1) is 15.3 Å². The molecule has 1 aromatic heterocycles. The molecule has 12 heteroatoms. The van der Waals surface area contributed by atoms with Gasteiger partial charge in [0, 0.05) is 42.8 Å². The van der Waals surface area contributed by atoms with Gasteiger partial charge in [0.1, 0.15) is 17.6 Å². The van der Waals surface area contributed by atoms with Crippen molar-refractivity contribution in [1.29, 1.82) is 5.26 Å². The third-order valence-corrected chi connectivity index (χ3v) is 6.97. The van der Waals surface area contributed by atoms with Crippen LogP contribution >= 0.6 is 0 Å². The van der Waals surface area contributed by atoms with Gasteiger partial charge in [0.25, 0.3) is 5.91 Å². The average molecular weight is 492 g/mol. The van der Waals surface area contributed by atoms with Crippen molar-refractivity contribution >= 4 is 33.2 Å². The zero-order valence-corrected chi connectivity index (χ0v) is 19.4. The minimum absolute atomic E-state index is 0.0291. The Morgan fingerprint density at radius 3 is 2.71 bits per heavy atom. The van der Waals surface area contributed by atoms with Gasteiger partial charge >= 0.3 is 6.09 Å². The first-order chi connectivity index (χ1) is 15.9. The largest absolute Gasteiger partial charge is 0.463 e. The molecule has 9 nitrogen and oxygen atoms in total. The number of aryl methyl sites for hydroxylation is 1. The van der Waals surface area contributed by atoms with Gasteiger partial charge in [-0.2, -0.15) is 5.26 Å². The first kappa shape index (κ1) is 25.0. The molecule has 2 aromatic rings. The Morgan fingerprint density at radius 1 is 1.29 bits per heavy atom. The highest BCUT2D eigenvalue weighted by molar-refractivity contribution is 7.93. The van der Waals surface area contributed by atoms with Crippen LogP contribution in [0.4, 0.5) is 25.1 Å². The number of nitriles is 1. The number of benzene rings is 1. The molecule has 2 amide bonds. The lowest BCUT2D eigenvalue weighted by Gasteiger charge is -2.25. The first-order valence-electron chi connectivity index (χ1n) is 10.3. The lowest BCUT2D eigenvalue weighted by atomic mass is 10.1. The van der Waals surface area contributed by atoms with Crippen LogP contribution in [0.3, 0.4) is 0 Å². The lowest BCUT2D eigenvalue weighted by molar-refractivity contribution is -0.0102. The second-order valence-electron chi connectivity index (χ2n) is 7.99. The molecular weight excluding hydrogens is 468 g/mol. The second-order valence-corrected chi connectivity index (χ2v) is 10.2. The van der Waals surface area contributed by atoms with Gasteiger partial charge in [-0.05, 0) is 43.2 Å². The van der Waals surface area contributed by atoms with E-state index < -0.39 is 34.1 Å². The zero-order chi connectivity index (χ0) is 25.1. The third kappa shape index (κ3) is 5.85. The van der Waals surface area contributed by atoms with Crippen molar-refractivity contribution in [1.82, 2.24) is 4.98 Å². The zero-order valence-electron chi connectivity index (χ0n) is 18.5. The van der Waals surface area contributed by atoms with Crippen LogP contribution in [-0.2, 0) is 9.73 Å². The van der Waals surface area contributed by atoms with Crippen LogP contribution < -0.4 is 10.2 Å². The van der Waals surface area contributed by atoms with Crippen molar-refractivity contribution in [3.05, 3.63) is 47.2 Å². The molecule has 1 saturated heterocycles. The Kier molecular flexibility index (Phi) is 7.16. The van der Waals surface area contributed by atoms with Crippen molar-refractivity contribution in [2.45, 2.75) is 37.0 Å². The summed E-state index contributed by atoms with van der Waals surface area (Å²) in [6.07, 6.45) is -0.873. The fourth-order valence-corrected chi connectivity index (χ4v) is 4.78. The molecule has 3 rings (SSSR count). The molecule has 180 valence electrons. The van der Waals surface area contributed by atoms with Crippen molar-refractivity contribution in [2.24, 2.45) is 4.36 Å². The van der Waals surface area contributed by atoms with Gasteiger partial charge in [0.15, 0.2) is 0 Å². The monoisotopic (exact) mass is 491 g/mol. The molecule has 2 N–H and O–H groups in total. The maximum Gasteiger partial charge on any atom is 0.439 e. The standard InChI is InChI=1S/C22H23F2N5O4S/c1-14-11-16(13-25)26-19(29-9-4-7-22(23,24)8-10-29)18(14)20(30)27-15-5-3-6-17(12-15)34(2,33)28-21(31)32/h3,5-6,11-12H,4,7-10H2,1-2H3,(H,27,30)(H,31,32). The summed E-state index contributed by atoms with van der Waals surface area (Å²) in [5, 5.41) is 20.8. The van der Waals surface area contributed by atoms with E-state index in [-0.39, 0.29) is 53.6 Å². The smallest absolute Gasteiger partial charge is 0.439 e. The summed E-state index contributed by atoms with van der Waals surface area (Å²) in [5.74, 6) is -3.27. The highest BCUT2D eigenvalue weighted by Crippen LogP contribution is 2.32. The lowest BCUT2D eigenvalue weighted by Crippen LogP contribution is -2.30. The molecule has 1 atom stereocenters. The van der Waals surface area contributed by atoms with Crippen LogP contribution in [0.25, 0.3) is 0 Å². The average Bonchev–Trinajstić information content (AvgIpc) is 2.92. The molecule has 1 unspecified atom stereocenters. The van der Waals surface area contributed by atoms with Crippen molar-refractivity contribution in [3.8, 4) is 6.07 Å². The summed E-state index contributed by atoms with van der Waals surface area (Å²) >= 11 is 0. The molecule has 1 aromatic carbocycles. The number of amides is 2. The Labute approximate surface area is 195 Å². The van der Waals surface area contributed by atoms with E-state index >= 15 is 0 Å². The van der Waals surface area contributed by atoms with Crippen LogP contribution in [0, 0.1) is 18.3 Å². The maximum atomic E-state index is 13.9. The van der Waals surface area contributed by atoms with Gasteiger partial charge in [0.2, 0.25) is 5.92 Å². The Morgan fingerprint density at radius 2 is 2.03 bits per heavy atom. The number of rotatable bonds is 4. The fraction of sp³-hybridized carbons (Fsp3) is 0.364. The Balaban J connectivity index is 1.98. The Hall–Kier alpha value is -3.59. The molecule has 0 saturated carbocycles. The second kappa shape index (κ2) is 9.72. The van der Waals surface area contributed by atoms with Crippen molar-refractivity contribution in [2.75, 3.05) is 29.6 Å². The number of alkyl halides is 2. The molecule has 34 heavy (non-hydrogen) atoms. The highest BCUT2D eigenvalue weighted by Gasteiger charge is 2.33. The molecule has 0 bridgehead atoms. The summed E-state index contributed by atoms with van der Waals surface area (Å²) in [5.41, 5.74) is 0.853. The van der Waals surface area contributed by atoms with E-state index in [0.29, 0.717) is 5.56 Å². The molecule has 2 heterocycles. The molecule has 0 aliphatic carbocycles. The number of anilines is 2. The van der Waals surface area contributed by atoms with Crippen LogP contribution in [0.2, 0.25) is 0 Å². The summed E-state index contributed by atoms with van der Waals surface area (Å²) in [4.78, 5) is 30.1. The number of nitrogens with zero attached hydrogens (tertiary/aromatic N) is 4. The number of carbonyl (C=O) groups is 2. The summed E-state index contributed by atoms with van der Waals surface area (Å²) in [6.45, 7) is 1.84. The molecule has 1 aliphatic rings. The SMILES string of the molecule is Cc1cc(C#N)nc(N2CCCC(F)(F)CC2)c1C(=O)Nc1cccc(S(C)(=O)=NC(=O)O)c1. The van der Waals surface area contributed by atoms with Crippen molar-refractivity contribution < 1.29 is 27.7 Å². The van der Waals surface area contributed by atoms with Crippen LogP contribution in [-0.4, -0.2) is 51.6 Å². The predicted molar refractivity (Wildman–Crippen MR) is 122 cm³/mol. The number of hydrogen-bond acceptors (Lipinski definition) is 6. The topological polar surface area (TPSA) is 136 Å². The number of carbonyl (C=O) groups excluding carboxylic acids is 1. The number of nitrogens with one attached hydrogen (secondary N) is 1. The number of hydrogen-bond donors (Lipinski definition) is 2. The van der Waals surface area contributed by atoms with Gasteiger partial charge in [-0.3, -0.25) is 4.79 Å². The predicted octanol–water partition coefficient (Wildman–Crippen LogP) is 4.27. The van der Waals surface area contributed by atoms with E-state index in [9.17, 15) is 27.8 Å². The van der Waals surface area contributed by atoms with Gasteiger partial charge in [-0.25, -0.2) is 22.8 Å². The van der Waals surface area contributed by atoms with Gasteiger partial charge in [-0.15, -0.1) is 4.36 Å². The van der Waals surface area contributed by atoms with E-state index in [1.165, 1.54) is 36.6 Å². The molecule has 0 radical (unpaired) electrons. The van der Waals surface area contributed by atoms with Crippen LogP contribution in [0.15, 0.2) is 39.6 Å². The minimum atomic E-state index is -3.24. The molecule has 0 spiro atoms. The first-order valence-corrected chi connectivity index (χ1v) is 12.3. The highest BCUT2D eigenvalue weighted by atomic mass is 32.2. The van der Waals surface area contributed by atoms with Crippen LogP contribution in [0.1, 0.15) is 40.9 Å². The van der Waals surface area contributed by atoms with Crippen LogP contribution in [0.5, 0.6) is 0 Å². The number of carboxylic acid groups (broad SMARTS) is 1. The maximum absolute atomic E-state index is 13.9. The molecular formula is C22H23F2N5O4S. The number of aromatic nitrogens is 1. The van der Waals surface area contributed by atoms with Gasteiger partial charge < -0.3 is 15.3 Å². The summed E-state index contributed by atoms with van der Waals surface area (Å²) in [6, 6.07) is 9.17. The fourth-order valence-electron chi connectivity index (χ4n) is 3.70. The quantitative estimate of drug-likeness (QED) is 0.652. The number of halogens is 2. The molecule has 1 fully saturated rings. The van der Waals surface area contributed by atoms with E-state index in [2.05, 4.69) is 14.7 Å². The van der Waals surface area contributed by atoms with Crippen molar-refractivity contribution in [3.63, 3.8) is 0 Å². The normalized spacial score (nSPS) is 17.1. The van der Waals surface area contributed by atoms with E-state index in [1.54, 1.807) is 11.8 Å². The van der Waals surface area contributed by atoms with E-state index in [1.807, 2.05) is 6.07 Å². The number of pyridine rings is 1. The summed E-state index contributed by atoms with van der Waals surface area (Å²) in [7, 11) is -3.24. The van der Waals surface area contributed by atoms with E-state index in [0.717, 1.165) is 0 Å². The van der Waals surface area contributed by atoms with Gasteiger partial charge in [-0.1, -0.05) is 6.07 Å². The molecule has 1 aliphatic heterocycles. The Bertz CT molecular complexity index is 1300. The minimum Gasteiger partial charge on any atom is -0.463 e. The van der Waals surface area contributed by atoms with E-state index in [4.69, 9.17) is 5.11 Å².